The lowest BCUT2D eigenvalue weighted by molar-refractivity contribution is 0.284. The lowest BCUT2D eigenvalue weighted by Gasteiger charge is -2.12. The zero-order valence-corrected chi connectivity index (χ0v) is 12.0. The van der Waals surface area contributed by atoms with E-state index in [-0.39, 0.29) is 6.61 Å². The molecule has 0 spiro atoms. The molecule has 21 heavy (non-hydrogen) atoms. The summed E-state index contributed by atoms with van der Waals surface area (Å²) in [6.07, 6.45) is 1.27. The lowest BCUT2D eigenvalue weighted by atomic mass is 10.2. The molecule has 0 radical (unpaired) electrons. The van der Waals surface area contributed by atoms with E-state index in [4.69, 9.17) is 26.3 Å². The van der Waals surface area contributed by atoms with Crippen LogP contribution in [0, 0.1) is 5.82 Å². The van der Waals surface area contributed by atoms with Crippen LogP contribution in [0.4, 0.5) is 4.39 Å². The predicted molar refractivity (Wildman–Crippen MR) is 78.1 cm³/mol. The Morgan fingerprint density at radius 3 is 2.71 bits per heavy atom. The van der Waals surface area contributed by atoms with Crippen molar-refractivity contribution in [1.29, 1.82) is 0 Å². The summed E-state index contributed by atoms with van der Waals surface area (Å²) in [6.45, 7) is 0.162. The van der Waals surface area contributed by atoms with Gasteiger partial charge in [0, 0.05) is 11.1 Å². The molecule has 0 aliphatic carbocycles. The molecule has 0 unspecified atom stereocenters. The Kier molecular flexibility index (Phi) is 5.00. The second-order valence-electron chi connectivity index (χ2n) is 4.18. The number of halogens is 2. The Bertz CT molecular complexity index is 661. The SMILES string of the molecule is COc1ccc(/C=N/O)cc1OCc1ccc(F)cc1Cl. The van der Waals surface area contributed by atoms with Crippen molar-refractivity contribution in [2.24, 2.45) is 5.16 Å². The zero-order valence-electron chi connectivity index (χ0n) is 11.2. The minimum atomic E-state index is -0.400. The molecular weight excluding hydrogens is 297 g/mol. The average molecular weight is 310 g/mol. The molecule has 0 saturated carbocycles. The maximum absolute atomic E-state index is 13.0. The number of methoxy groups -OCH3 is 1. The first kappa shape index (κ1) is 15.1. The van der Waals surface area contributed by atoms with Crippen molar-refractivity contribution in [3.05, 3.63) is 58.4 Å². The van der Waals surface area contributed by atoms with Gasteiger partial charge in [-0.25, -0.2) is 4.39 Å². The highest BCUT2D eigenvalue weighted by Gasteiger charge is 2.08. The van der Waals surface area contributed by atoms with Gasteiger partial charge in [0.15, 0.2) is 11.5 Å². The van der Waals surface area contributed by atoms with E-state index in [2.05, 4.69) is 5.16 Å². The van der Waals surface area contributed by atoms with Gasteiger partial charge in [0.25, 0.3) is 0 Å². The van der Waals surface area contributed by atoms with Gasteiger partial charge in [-0.1, -0.05) is 22.8 Å². The fourth-order valence-corrected chi connectivity index (χ4v) is 1.97. The number of nitrogens with zero attached hydrogens (tertiary/aromatic N) is 1. The van der Waals surface area contributed by atoms with Crippen molar-refractivity contribution < 1.29 is 19.1 Å². The van der Waals surface area contributed by atoms with Crippen molar-refractivity contribution in [2.45, 2.75) is 6.61 Å². The third-order valence-corrected chi connectivity index (χ3v) is 3.14. The first-order chi connectivity index (χ1) is 10.1. The van der Waals surface area contributed by atoms with Crippen molar-refractivity contribution >= 4 is 17.8 Å². The van der Waals surface area contributed by atoms with Gasteiger partial charge in [-0.15, -0.1) is 0 Å². The average Bonchev–Trinajstić information content (AvgIpc) is 2.47. The highest BCUT2D eigenvalue weighted by atomic mass is 35.5. The standard InChI is InChI=1S/C15H13ClFNO3/c1-20-14-5-2-10(8-18-19)6-15(14)21-9-11-3-4-12(17)7-13(11)16/h2-8,19H,9H2,1H3/b18-8+. The molecular formula is C15H13ClFNO3. The summed E-state index contributed by atoms with van der Waals surface area (Å²) >= 11 is 5.94. The van der Waals surface area contributed by atoms with E-state index < -0.39 is 5.82 Å². The van der Waals surface area contributed by atoms with Gasteiger partial charge < -0.3 is 14.7 Å². The van der Waals surface area contributed by atoms with Gasteiger partial charge in [0.1, 0.15) is 12.4 Å². The summed E-state index contributed by atoms with van der Waals surface area (Å²) in [5, 5.41) is 11.8. The molecule has 2 aromatic carbocycles. The third kappa shape index (κ3) is 3.86. The van der Waals surface area contributed by atoms with Crippen LogP contribution in [0.3, 0.4) is 0 Å². The van der Waals surface area contributed by atoms with Gasteiger partial charge >= 0.3 is 0 Å². The smallest absolute Gasteiger partial charge is 0.162 e. The van der Waals surface area contributed by atoms with E-state index in [1.54, 1.807) is 24.3 Å². The number of rotatable bonds is 5. The van der Waals surface area contributed by atoms with E-state index in [0.29, 0.717) is 27.6 Å². The number of oxime groups is 1. The molecule has 4 nitrogen and oxygen atoms in total. The van der Waals surface area contributed by atoms with Gasteiger partial charge in [0.05, 0.1) is 18.3 Å². The predicted octanol–water partition coefficient (Wildman–Crippen LogP) is 3.87. The van der Waals surface area contributed by atoms with E-state index >= 15 is 0 Å². The summed E-state index contributed by atoms with van der Waals surface area (Å²) in [5.74, 6) is 0.598. The fourth-order valence-electron chi connectivity index (χ4n) is 1.75. The minimum Gasteiger partial charge on any atom is -0.493 e. The first-order valence-electron chi connectivity index (χ1n) is 6.06. The van der Waals surface area contributed by atoms with E-state index in [1.165, 1.54) is 25.5 Å². The van der Waals surface area contributed by atoms with Crippen molar-refractivity contribution in [3.8, 4) is 11.5 Å². The molecule has 0 aliphatic rings. The topological polar surface area (TPSA) is 51.0 Å². The molecule has 0 atom stereocenters. The largest absolute Gasteiger partial charge is 0.493 e. The van der Waals surface area contributed by atoms with Gasteiger partial charge in [-0.2, -0.15) is 0 Å². The van der Waals surface area contributed by atoms with Crippen molar-refractivity contribution in [3.63, 3.8) is 0 Å². The van der Waals surface area contributed by atoms with E-state index in [1.807, 2.05) is 0 Å². The Morgan fingerprint density at radius 2 is 2.05 bits per heavy atom. The molecule has 6 heteroatoms. The zero-order chi connectivity index (χ0) is 15.2. The van der Waals surface area contributed by atoms with Crippen molar-refractivity contribution in [1.82, 2.24) is 0 Å². The third-order valence-electron chi connectivity index (χ3n) is 2.79. The van der Waals surface area contributed by atoms with E-state index in [9.17, 15) is 4.39 Å². The lowest BCUT2D eigenvalue weighted by Crippen LogP contribution is -1.99. The Morgan fingerprint density at radius 1 is 1.24 bits per heavy atom. The molecule has 0 heterocycles. The highest BCUT2D eigenvalue weighted by molar-refractivity contribution is 6.31. The summed E-state index contributed by atoms with van der Waals surface area (Å²) in [5.41, 5.74) is 1.31. The van der Waals surface area contributed by atoms with Crippen LogP contribution in [-0.2, 0) is 6.61 Å². The number of hydrogen-bond acceptors (Lipinski definition) is 4. The Balaban J connectivity index is 2.20. The van der Waals surface area contributed by atoms with Crippen LogP contribution in [0.5, 0.6) is 11.5 Å². The maximum Gasteiger partial charge on any atom is 0.162 e. The molecule has 1 N–H and O–H groups in total. The van der Waals surface area contributed by atoms with Crippen molar-refractivity contribution in [2.75, 3.05) is 7.11 Å². The summed E-state index contributed by atoms with van der Waals surface area (Å²) in [4.78, 5) is 0. The molecule has 110 valence electrons. The Hall–Kier alpha value is -2.27. The molecule has 0 fully saturated rings. The van der Waals surface area contributed by atoms with E-state index in [0.717, 1.165) is 0 Å². The molecule has 0 aliphatic heterocycles. The van der Waals surface area contributed by atoms with Gasteiger partial charge in [-0.05, 0) is 30.3 Å². The van der Waals surface area contributed by atoms with Crippen LogP contribution in [0.15, 0.2) is 41.6 Å². The first-order valence-corrected chi connectivity index (χ1v) is 6.44. The minimum absolute atomic E-state index is 0.162. The number of hydrogen-bond donors (Lipinski definition) is 1. The summed E-state index contributed by atoms with van der Waals surface area (Å²) < 4.78 is 23.8. The van der Waals surface area contributed by atoms with Crippen LogP contribution in [0.1, 0.15) is 11.1 Å². The van der Waals surface area contributed by atoms with Crippen LogP contribution < -0.4 is 9.47 Å². The van der Waals surface area contributed by atoms with Crippen LogP contribution >= 0.6 is 11.6 Å². The Labute approximate surface area is 126 Å². The van der Waals surface area contributed by atoms with Crippen LogP contribution in [-0.4, -0.2) is 18.5 Å². The highest BCUT2D eigenvalue weighted by Crippen LogP contribution is 2.29. The number of benzene rings is 2. The van der Waals surface area contributed by atoms with Gasteiger partial charge in [-0.3, -0.25) is 0 Å². The molecule has 0 bridgehead atoms. The second-order valence-corrected chi connectivity index (χ2v) is 4.59. The van der Waals surface area contributed by atoms with Crippen LogP contribution in [0.25, 0.3) is 0 Å². The number of ether oxygens (including phenoxy) is 2. The maximum atomic E-state index is 13.0. The summed E-state index contributed by atoms with van der Waals surface area (Å²) in [6, 6.07) is 9.18. The molecule has 0 amide bonds. The molecule has 0 saturated heterocycles. The fraction of sp³-hybridized carbons (Fsp3) is 0.133. The molecule has 2 aromatic rings. The quantitative estimate of drug-likeness (QED) is 0.518. The molecule has 0 aromatic heterocycles. The normalized spacial score (nSPS) is 10.8. The van der Waals surface area contributed by atoms with Gasteiger partial charge in [0.2, 0.25) is 0 Å². The monoisotopic (exact) mass is 309 g/mol. The summed E-state index contributed by atoms with van der Waals surface area (Å²) in [7, 11) is 1.52. The van der Waals surface area contributed by atoms with Crippen LogP contribution in [0.2, 0.25) is 5.02 Å². The second kappa shape index (κ2) is 6.95. The molecule has 2 rings (SSSR count).